The molecule has 0 saturated carbocycles. The van der Waals surface area contributed by atoms with Crippen LogP contribution in [0.1, 0.15) is 12.5 Å². The molecule has 3 nitrogen and oxygen atoms in total. The lowest BCUT2D eigenvalue weighted by Gasteiger charge is -2.14. The van der Waals surface area contributed by atoms with Crippen LogP contribution in [0.4, 0.5) is 5.69 Å². The highest BCUT2D eigenvalue weighted by Crippen LogP contribution is 2.21. The molecule has 1 aromatic carbocycles. The van der Waals surface area contributed by atoms with Crippen LogP contribution in [-0.2, 0) is 10.8 Å². The fourth-order valence-electron chi connectivity index (χ4n) is 1.48. The molecule has 0 aromatic heterocycles. The van der Waals surface area contributed by atoms with Gasteiger partial charge in [0.2, 0.25) is 0 Å². The van der Waals surface area contributed by atoms with Crippen LogP contribution in [0, 0.1) is 0 Å². The number of halogens is 1. The Kier molecular flexibility index (Phi) is 5.36. The monoisotopic (exact) mass is 290 g/mol. The van der Waals surface area contributed by atoms with Crippen molar-refractivity contribution in [1.82, 2.24) is 0 Å². The third-order valence-corrected chi connectivity index (χ3v) is 3.63. The van der Waals surface area contributed by atoms with E-state index >= 15 is 0 Å². The van der Waals surface area contributed by atoms with Crippen LogP contribution >= 0.6 is 23.8 Å². The van der Waals surface area contributed by atoms with Crippen molar-refractivity contribution in [3.05, 3.63) is 28.8 Å². The molecule has 0 saturated heterocycles. The first-order valence-electron chi connectivity index (χ1n) is 5.06. The highest BCUT2D eigenvalue weighted by atomic mass is 35.5. The number of nitrogens with one attached hydrogen (secondary N) is 1. The Bertz CT molecular complexity index is 451. The average molecular weight is 291 g/mol. The maximum absolute atomic E-state index is 11.1. The van der Waals surface area contributed by atoms with Gasteiger partial charge >= 0.3 is 0 Å². The SMILES string of the molecule is CC(CS(C)=O)Nc1ccc(C(N)=S)c(Cl)c1. The topological polar surface area (TPSA) is 55.1 Å². The largest absolute Gasteiger partial charge is 0.389 e. The van der Waals surface area contributed by atoms with Gasteiger partial charge in [-0.05, 0) is 25.1 Å². The Labute approximate surface area is 114 Å². The number of benzene rings is 1. The molecule has 0 bridgehead atoms. The van der Waals surface area contributed by atoms with Crippen molar-refractivity contribution in [1.29, 1.82) is 0 Å². The normalized spacial score (nSPS) is 14.1. The summed E-state index contributed by atoms with van der Waals surface area (Å²) in [5.41, 5.74) is 7.05. The molecule has 0 amide bonds. The Morgan fingerprint density at radius 2 is 2.29 bits per heavy atom. The minimum atomic E-state index is -0.823. The first-order chi connectivity index (χ1) is 7.90. The van der Waals surface area contributed by atoms with E-state index in [0.29, 0.717) is 16.3 Å². The summed E-state index contributed by atoms with van der Waals surface area (Å²) in [5, 5.41) is 3.74. The van der Waals surface area contributed by atoms with Gasteiger partial charge in [0.15, 0.2) is 0 Å². The third-order valence-electron chi connectivity index (χ3n) is 2.13. The minimum absolute atomic E-state index is 0.118. The van der Waals surface area contributed by atoms with Gasteiger partial charge in [-0.1, -0.05) is 23.8 Å². The standard InChI is InChI=1S/C11H15ClN2OS2/c1-7(6-17(2)15)14-8-3-4-9(11(13)16)10(12)5-8/h3-5,7,14H,6H2,1-2H3,(H2,13,16). The second-order valence-electron chi connectivity index (χ2n) is 3.84. The summed E-state index contributed by atoms with van der Waals surface area (Å²) in [6.45, 7) is 1.97. The van der Waals surface area contributed by atoms with Crippen molar-refractivity contribution in [2.45, 2.75) is 13.0 Å². The first-order valence-corrected chi connectivity index (χ1v) is 7.57. The fourth-order valence-corrected chi connectivity index (χ4v) is 2.79. The molecule has 94 valence electrons. The van der Waals surface area contributed by atoms with Gasteiger partial charge in [-0.3, -0.25) is 4.21 Å². The quantitative estimate of drug-likeness (QED) is 0.816. The maximum Gasteiger partial charge on any atom is 0.105 e. The Balaban J connectivity index is 2.77. The number of thiocarbonyl (C=S) groups is 1. The van der Waals surface area contributed by atoms with Gasteiger partial charge in [0.05, 0.1) is 5.02 Å². The summed E-state index contributed by atoms with van der Waals surface area (Å²) in [6.07, 6.45) is 1.68. The first kappa shape index (κ1) is 14.4. The van der Waals surface area contributed by atoms with Crippen LogP contribution in [0.2, 0.25) is 5.02 Å². The van der Waals surface area contributed by atoms with E-state index in [9.17, 15) is 4.21 Å². The van der Waals surface area contributed by atoms with Crippen molar-refractivity contribution in [3.63, 3.8) is 0 Å². The van der Waals surface area contributed by atoms with E-state index in [0.717, 1.165) is 5.69 Å². The lowest BCUT2D eigenvalue weighted by molar-refractivity contribution is 0.683. The molecule has 2 unspecified atom stereocenters. The molecule has 17 heavy (non-hydrogen) atoms. The molecular formula is C11H15ClN2OS2. The van der Waals surface area contributed by atoms with Crippen LogP contribution in [0.15, 0.2) is 18.2 Å². The van der Waals surface area contributed by atoms with Crippen LogP contribution in [0.5, 0.6) is 0 Å². The minimum Gasteiger partial charge on any atom is -0.389 e. The van der Waals surface area contributed by atoms with Crippen LogP contribution in [-0.4, -0.2) is 27.2 Å². The molecular weight excluding hydrogens is 276 g/mol. The number of hydrogen-bond acceptors (Lipinski definition) is 3. The second kappa shape index (κ2) is 6.33. The molecule has 0 aliphatic heterocycles. The van der Waals surface area contributed by atoms with E-state index < -0.39 is 10.8 Å². The van der Waals surface area contributed by atoms with Crippen molar-refractivity contribution in [3.8, 4) is 0 Å². The Morgan fingerprint density at radius 1 is 1.65 bits per heavy atom. The van der Waals surface area contributed by atoms with Gasteiger partial charge in [-0.15, -0.1) is 0 Å². The van der Waals surface area contributed by atoms with Crippen LogP contribution < -0.4 is 11.1 Å². The Hall–Kier alpha value is -0.650. The lowest BCUT2D eigenvalue weighted by Crippen LogP contribution is -2.22. The van der Waals surface area contributed by atoms with Crippen LogP contribution in [0.3, 0.4) is 0 Å². The molecule has 1 rings (SSSR count). The van der Waals surface area contributed by atoms with E-state index in [2.05, 4.69) is 5.32 Å². The summed E-state index contributed by atoms with van der Waals surface area (Å²) in [4.78, 5) is 0.282. The summed E-state index contributed by atoms with van der Waals surface area (Å²) in [6, 6.07) is 5.52. The average Bonchev–Trinajstić information content (AvgIpc) is 2.15. The van der Waals surface area contributed by atoms with E-state index in [1.807, 2.05) is 13.0 Å². The molecule has 0 aliphatic rings. The zero-order valence-corrected chi connectivity index (χ0v) is 12.1. The number of hydrogen-bond donors (Lipinski definition) is 2. The number of nitrogens with two attached hydrogens (primary N) is 1. The second-order valence-corrected chi connectivity index (χ2v) is 6.17. The predicted octanol–water partition coefficient (Wildman–Crippen LogP) is 2.15. The van der Waals surface area contributed by atoms with Gasteiger partial charge in [0, 0.05) is 40.1 Å². The lowest BCUT2D eigenvalue weighted by atomic mass is 10.2. The van der Waals surface area contributed by atoms with Gasteiger partial charge in [0.25, 0.3) is 0 Å². The number of anilines is 1. The molecule has 2 atom stereocenters. The summed E-state index contributed by atoms with van der Waals surface area (Å²) in [7, 11) is -0.823. The molecule has 3 N–H and O–H groups in total. The van der Waals surface area contributed by atoms with Gasteiger partial charge in [-0.2, -0.15) is 0 Å². The maximum atomic E-state index is 11.1. The third kappa shape index (κ3) is 4.61. The van der Waals surface area contributed by atoms with Crippen LogP contribution in [0.25, 0.3) is 0 Å². The molecule has 0 radical (unpaired) electrons. The zero-order valence-electron chi connectivity index (χ0n) is 9.70. The van der Waals surface area contributed by atoms with Crippen molar-refractivity contribution < 1.29 is 4.21 Å². The molecule has 0 aliphatic carbocycles. The molecule has 6 heteroatoms. The molecule has 0 fully saturated rings. The van der Waals surface area contributed by atoms with Gasteiger partial charge in [0.1, 0.15) is 4.99 Å². The Morgan fingerprint density at radius 3 is 2.76 bits per heavy atom. The van der Waals surface area contributed by atoms with E-state index in [1.54, 1.807) is 18.4 Å². The van der Waals surface area contributed by atoms with E-state index in [4.69, 9.17) is 29.6 Å². The summed E-state index contributed by atoms with van der Waals surface area (Å²) in [5.74, 6) is 0.592. The molecule has 0 heterocycles. The molecule has 0 spiro atoms. The smallest absolute Gasteiger partial charge is 0.105 e. The predicted molar refractivity (Wildman–Crippen MR) is 79.4 cm³/mol. The van der Waals surface area contributed by atoms with E-state index in [-0.39, 0.29) is 11.0 Å². The molecule has 1 aromatic rings. The van der Waals surface area contributed by atoms with E-state index in [1.165, 1.54) is 0 Å². The highest BCUT2D eigenvalue weighted by Gasteiger charge is 2.07. The number of rotatable bonds is 5. The fraction of sp³-hybridized carbons (Fsp3) is 0.364. The van der Waals surface area contributed by atoms with Crippen molar-refractivity contribution >= 4 is 45.3 Å². The summed E-state index contributed by atoms with van der Waals surface area (Å²) < 4.78 is 11.1. The zero-order chi connectivity index (χ0) is 13.0. The van der Waals surface area contributed by atoms with Gasteiger partial charge in [-0.25, -0.2) is 0 Å². The summed E-state index contributed by atoms with van der Waals surface area (Å²) >= 11 is 10.9. The van der Waals surface area contributed by atoms with Gasteiger partial charge < -0.3 is 11.1 Å². The highest BCUT2D eigenvalue weighted by molar-refractivity contribution is 7.84. The van der Waals surface area contributed by atoms with Crippen molar-refractivity contribution in [2.24, 2.45) is 5.73 Å². The van der Waals surface area contributed by atoms with Crippen molar-refractivity contribution in [2.75, 3.05) is 17.3 Å².